The molecule has 1 N–H and O–H groups in total. The van der Waals surface area contributed by atoms with Gasteiger partial charge in [0.1, 0.15) is 12.4 Å². The molecule has 0 aliphatic heterocycles. The molecule has 0 aliphatic carbocycles. The molecule has 4 heteroatoms. The first-order chi connectivity index (χ1) is 10.6. The first-order valence-corrected chi connectivity index (χ1v) is 8.51. The number of benzene rings is 2. The van der Waals surface area contributed by atoms with E-state index >= 15 is 0 Å². The zero-order valence-corrected chi connectivity index (χ0v) is 14.0. The molecule has 0 fully saturated rings. The van der Waals surface area contributed by atoms with E-state index in [1.165, 1.54) is 5.56 Å². The molecule has 3 nitrogen and oxygen atoms in total. The minimum atomic E-state index is -0.0732. The van der Waals surface area contributed by atoms with Crippen LogP contribution in [0, 0.1) is 6.92 Å². The maximum atomic E-state index is 11.5. The molecule has 0 heterocycles. The number of nitrogens with one attached hydrogen (secondary N) is 1. The summed E-state index contributed by atoms with van der Waals surface area (Å²) in [6, 6.07) is 13.9. The zero-order chi connectivity index (χ0) is 15.9. The number of hydrogen-bond donors (Lipinski definition) is 1. The minimum Gasteiger partial charge on any atom is -0.489 e. The van der Waals surface area contributed by atoms with Crippen molar-refractivity contribution in [3.63, 3.8) is 0 Å². The highest BCUT2D eigenvalue weighted by Crippen LogP contribution is 2.23. The summed E-state index contributed by atoms with van der Waals surface area (Å²) in [5.74, 6) is 0.878. The molecule has 1 amide bonds. The Hall–Kier alpha value is -1.94. The molecule has 0 aromatic heterocycles. The van der Waals surface area contributed by atoms with E-state index in [1.54, 1.807) is 6.26 Å². The molecule has 116 valence electrons. The van der Waals surface area contributed by atoms with E-state index in [4.69, 9.17) is 4.74 Å². The maximum Gasteiger partial charge on any atom is 0.283 e. The second kappa shape index (κ2) is 7.90. The summed E-state index contributed by atoms with van der Waals surface area (Å²) in [5, 5.41) is 2.80. The van der Waals surface area contributed by atoms with Crippen molar-refractivity contribution in [3.8, 4) is 5.75 Å². The Morgan fingerprint density at radius 1 is 1.23 bits per heavy atom. The molecular formula is C18H21NO2S. The molecule has 0 spiro atoms. The normalized spacial score (nSPS) is 10.3. The predicted octanol–water partition coefficient (Wildman–Crippen LogP) is 5.03. The van der Waals surface area contributed by atoms with Crippen molar-refractivity contribution < 1.29 is 9.53 Å². The average Bonchev–Trinajstić information content (AvgIpc) is 2.54. The van der Waals surface area contributed by atoms with Crippen LogP contribution in [0.5, 0.6) is 5.75 Å². The second-order valence-corrected chi connectivity index (χ2v) is 5.79. The van der Waals surface area contributed by atoms with Crippen LogP contribution in [0.4, 0.5) is 10.5 Å². The highest BCUT2D eigenvalue weighted by atomic mass is 32.2. The van der Waals surface area contributed by atoms with Gasteiger partial charge in [-0.05, 0) is 42.9 Å². The number of rotatable bonds is 5. The van der Waals surface area contributed by atoms with Gasteiger partial charge in [-0.2, -0.15) is 0 Å². The Labute approximate surface area is 136 Å². The molecule has 0 aliphatic rings. The number of amides is 1. The van der Waals surface area contributed by atoms with Gasteiger partial charge in [-0.25, -0.2) is 0 Å². The van der Waals surface area contributed by atoms with Gasteiger partial charge in [0.25, 0.3) is 5.24 Å². The third-order valence-corrected chi connectivity index (χ3v) is 3.94. The molecule has 2 aromatic rings. The van der Waals surface area contributed by atoms with Crippen LogP contribution in [-0.2, 0) is 13.0 Å². The van der Waals surface area contributed by atoms with Gasteiger partial charge in [-0.1, -0.05) is 49.0 Å². The summed E-state index contributed by atoms with van der Waals surface area (Å²) in [4.78, 5) is 11.5. The summed E-state index contributed by atoms with van der Waals surface area (Å²) >= 11 is 1.16. The number of anilines is 1. The topological polar surface area (TPSA) is 38.3 Å². The molecule has 0 radical (unpaired) electrons. The first-order valence-electron chi connectivity index (χ1n) is 7.29. The fourth-order valence-electron chi connectivity index (χ4n) is 2.18. The minimum absolute atomic E-state index is 0.0732. The molecule has 2 rings (SSSR count). The van der Waals surface area contributed by atoms with Gasteiger partial charge < -0.3 is 10.1 Å². The highest BCUT2D eigenvalue weighted by molar-refractivity contribution is 8.13. The number of carbonyl (C=O) groups excluding carboxylic acids is 1. The summed E-state index contributed by atoms with van der Waals surface area (Å²) in [6.45, 7) is 4.62. The van der Waals surface area contributed by atoms with Gasteiger partial charge in [-0.3, -0.25) is 4.79 Å². The molecule has 2 aromatic carbocycles. The van der Waals surface area contributed by atoms with E-state index in [2.05, 4.69) is 31.3 Å². The zero-order valence-electron chi connectivity index (χ0n) is 13.2. The van der Waals surface area contributed by atoms with Crippen molar-refractivity contribution in [3.05, 3.63) is 59.2 Å². The van der Waals surface area contributed by atoms with Crippen molar-refractivity contribution in [1.82, 2.24) is 0 Å². The number of para-hydroxylation sites is 1. The lowest BCUT2D eigenvalue weighted by Gasteiger charge is -2.13. The lowest BCUT2D eigenvalue weighted by Crippen LogP contribution is -2.08. The van der Waals surface area contributed by atoms with Gasteiger partial charge in [0, 0.05) is 11.3 Å². The Bertz CT molecular complexity index is 655. The Kier molecular flexibility index (Phi) is 5.90. The average molecular weight is 315 g/mol. The van der Waals surface area contributed by atoms with Crippen LogP contribution in [0.1, 0.15) is 23.6 Å². The van der Waals surface area contributed by atoms with Crippen LogP contribution >= 0.6 is 11.8 Å². The number of ether oxygens (including phenoxy) is 1. The molecule has 0 atom stereocenters. The lowest BCUT2D eigenvalue weighted by molar-refractivity contribution is 0.269. The van der Waals surface area contributed by atoms with Crippen molar-refractivity contribution in [2.75, 3.05) is 11.6 Å². The van der Waals surface area contributed by atoms with Crippen molar-refractivity contribution in [2.45, 2.75) is 26.9 Å². The summed E-state index contributed by atoms with van der Waals surface area (Å²) < 4.78 is 5.92. The number of carbonyl (C=O) groups is 1. The Morgan fingerprint density at radius 3 is 2.68 bits per heavy atom. The number of hydrogen-bond acceptors (Lipinski definition) is 3. The number of aryl methyl sites for hydroxylation is 2. The van der Waals surface area contributed by atoms with Crippen LogP contribution in [0.15, 0.2) is 42.5 Å². The first kappa shape index (κ1) is 16.4. The standard InChI is InChI=1S/C18H21NO2S/c1-4-14-9-10-17(13(2)11-14)21-12-15-7-5-6-8-16(15)19-18(20)22-3/h5-11H,4,12H2,1-3H3,(H,19,20). The van der Waals surface area contributed by atoms with Crippen LogP contribution in [-0.4, -0.2) is 11.5 Å². The molecule has 0 saturated heterocycles. The maximum absolute atomic E-state index is 11.5. The SMILES string of the molecule is CCc1ccc(OCc2ccccc2NC(=O)SC)c(C)c1. The quantitative estimate of drug-likeness (QED) is 0.841. The summed E-state index contributed by atoms with van der Waals surface area (Å²) in [7, 11) is 0. The molecular weight excluding hydrogens is 294 g/mol. The molecule has 0 saturated carbocycles. The highest BCUT2D eigenvalue weighted by Gasteiger charge is 2.07. The fourth-order valence-corrected chi connectivity index (χ4v) is 2.39. The Morgan fingerprint density at radius 2 is 2.00 bits per heavy atom. The van der Waals surface area contributed by atoms with Crippen molar-refractivity contribution in [2.24, 2.45) is 0 Å². The van der Waals surface area contributed by atoms with E-state index in [-0.39, 0.29) is 5.24 Å². The van der Waals surface area contributed by atoms with Gasteiger partial charge in [0.2, 0.25) is 0 Å². The van der Waals surface area contributed by atoms with Crippen molar-refractivity contribution in [1.29, 1.82) is 0 Å². The number of thioether (sulfide) groups is 1. The molecule has 22 heavy (non-hydrogen) atoms. The van der Waals surface area contributed by atoms with Crippen LogP contribution in [0.2, 0.25) is 0 Å². The van der Waals surface area contributed by atoms with Gasteiger partial charge in [0.05, 0.1) is 0 Å². The predicted molar refractivity (Wildman–Crippen MR) is 93.9 cm³/mol. The van der Waals surface area contributed by atoms with Crippen molar-refractivity contribution >= 4 is 22.7 Å². The van der Waals surface area contributed by atoms with E-state index in [0.717, 1.165) is 40.7 Å². The smallest absolute Gasteiger partial charge is 0.283 e. The summed E-state index contributed by atoms with van der Waals surface area (Å²) in [5.41, 5.74) is 4.19. The second-order valence-electron chi connectivity index (χ2n) is 5.02. The molecule has 0 bridgehead atoms. The third kappa shape index (κ3) is 4.28. The van der Waals surface area contributed by atoms with E-state index in [1.807, 2.05) is 30.3 Å². The Balaban J connectivity index is 2.10. The monoisotopic (exact) mass is 315 g/mol. The van der Waals surface area contributed by atoms with Gasteiger partial charge in [0.15, 0.2) is 0 Å². The largest absolute Gasteiger partial charge is 0.489 e. The van der Waals surface area contributed by atoms with E-state index < -0.39 is 0 Å². The van der Waals surface area contributed by atoms with Gasteiger partial charge in [-0.15, -0.1) is 0 Å². The van der Waals surface area contributed by atoms with E-state index in [9.17, 15) is 4.79 Å². The lowest BCUT2D eigenvalue weighted by atomic mass is 10.1. The van der Waals surface area contributed by atoms with E-state index in [0.29, 0.717) is 6.61 Å². The van der Waals surface area contributed by atoms with Crippen LogP contribution in [0.3, 0.4) is 0 Å². The third-order valence-electron chi connectivity index (χ3n) is 3.47. The van der Waals surface area contributed by atoms with Crippen LogP contribution in [0.25, 0.3) is 0 Å². The van der Waals surface area contributed by atoms with Crippen LogP contribution < -0.4 is 10.1 Å². The fraction of sp³-hybridized carbons (Fsp3) is 0.278. The summed E-state index contributed by atoms with van der Waals surface area (Å²) in [6.07, 6.45) is 2.78. The van der Waals surface area contributed by atoms with Gasteiger partial charge >= 0.3 is 0 Å². The molecule has 0 unspecified atom stereocenters.